The molecular weight excluding hydrogens is 378 g/mol. The first-order chi connectivity index (χ1) is 13.5. The van der Waals surface area contributed by atoms with E-state index in [1.807, 2.05) is 42.2 Å². The molecule has 1 heterocycles. The minimum Gasteiger partial charge on any atom is -0.483 e. The molecule has 0 atom stereocenters. The van der Waals surface area contributed by atoms with E-state index in [0.29, 0.717) is 43.5 Å². The zero-order valence-electron chi connectivity index (χ0n) is 15.9. The normalized spacial score (nSPS) is 14.6. The van der Waals surface area contributed by atoms with Crippen LogP contribution in [0.2, 0.25) is 5.02 Å². The van der Waals surface area contributed by atoms with Gasteiger partial charge in [-0.3, -0.25) is 14.5 Å². The number of nitrogens with one attached hydrogen (secondary N) is 1. The van der Waals surface area contributed by atoms with Gasteiger partial charge in [0.1, 0.15) is 5.75 Å². The lowest BCUT2D eigenvalue weighted by Crippen LogP contribution is -2.51. The van der Waals surface area contributed by atoms with Crippen molar-refractivity contribution in [2.75, 3.05) is 44.6 Å². The summed E-state index contributed by atoms with van der Waals surface area (Å²) in [4.78, 5) is 28.4. The number of halogens is 1. The molecule has 6 nitrogen and oxygen atoms in total. The van der Waals surface area contributed by atoms with Crippen LogP contribution in [0.5, 0.6) is 5.75 Å². The van der Waals surface area contributed by atoms with Crippen molar-refractivity contribution in [2.24, 2.45) is 0 Å². The summed E-state index contributed by atoms with van der Waals surface area (Å²) in [6.45, 7) is 4.70. The van der Waals surface area contributed by atoms with Crippen LogP contribution in [0.25, 0.3) is 0 Å². The van der Waals surface area contributed by atoms with Gasteiger partial charge in [0, 0.05) is 36.9 Å². The lowest BCUT2D eigenvalue weighted by molar-refractivity contribution is -0.135. The molecule has 0 radical (unpaired) electrons. The topological polar surface area (TPSA) is 61.9 Å². The Kier molecular flexibility index (Phi) is 6.90. The first-order valence-corrected chi connectivity index (χ1v) is 9.63. The molecule has 28 heavy (non-hydrogen) atoms. The van der Waals surface area contributed by atoms with E-state index in [2.05, 4.69) is 5.32 Å². The van der Waals surface area contributed by atoms with Gasteiger partial charge in [-0.05, 0) is 42.8 Å². The highest BCUT2D eigenvalue weighted by molar-refractivity contribution is 6.30. The number of piperazine rings is 1. The molecule has 1 fully saturated rings. The molecular formula is C21H24ClN3O3. The number of aryl methyl sites for hydroxylation is 1. The molecule has 0 bridgehead atoms. The van der Waals surface area contributed by atoms with Gasteiger partial charge in [0.25, 0.3) is 5.91 Å². The maximum atomic E-state index is 12.4. The quantitative estimate of drug-likeness (QED) is 0.808. The number of hydrogen-bond acceptors (Lipinski definition) is 4. The van der Waals surface area contributed by atoms with Crippen molar-refractivity contribution in [3.8, 4) is 5.75 Å². The molecule has 2 amide bonds. The van der Waals surface area contributed by atoms with Crippen LogP contribution < -0.4 is 10.1 Å². The number of rotatable bonds is 6. The van der Waals surface area contributed by atoms with Crippen LogP contribution in [0.15, 0.2) is 48.5 Å². The lowest BCUT2D eigenvalue weighted by Gasteiger charge is -2.34. The molecule has 3 rings (SSSR count). The fourth-order valence-corrected chi connectivity index (χ4v) is 3.31. The molecule has 0 unspecified atom stereocenters. The van der Waals surface area contributed by atoms with Gasteiger partial charge in [-0.1, -0.05) is 29.8 Å². The Bertz CT molecular complexity index is 821. The summed E-state index contributed by atoms with van der Waals surface area (Å²) in [5.74, 6) is 0.559. The van der Waals surface area contributed by atoms with Crippen molar-refractivity contribution in [3.63, 3.8) is 0 Å². The summed E-state index contributed by atoms with van der Waals surface area (Å²) in [6.07, 6.45) is 0. The third-order valence-electron chi connectivity index (χ3n) is 4.64. The Hall–Kier alpha value is -2.57. The summed E-state index contributed by atoms with van der Waals surface area (Å²) in [5.41, 5.74) is 1.69. The Labute approximate surface area is 170 Å². The van der Waals surface area contributed by atoms with Gasteiger partial charge < -0.3 is 15.0 Å². The maximum absolute atomic E-state index is 12.4. The van der Waals surface area contributed by atoms with E-state index in [1.54, 1.807) is 23.1 Å². The van der Waals surface area contributed by atoms with Gasteiger partial charge in [0.2, 0.25) is 5.91 Å². The second kappa shape index (κ2) is 9.57. The van der Waals surface area contributed by atoms with Gasteiger partial charge in [-0.25, -0.2) is 0 Å². The molecule has 0 aromatic heterocycles. The van der Waals surface area contributed by atoms with Crippen LogP contribution in [0.3, 0.4) is 0 Å². The highest BCUT2D eigenvalue weighted by Crippen LogP contribution is 2.21. The van der Waals surface area contributed by atoms with Crippen LogP contribution in [-0.4, -0.2) is 60.9 Å². The monoisotopic (exact) mass is 401 g/mol. The number of hydrogen-bond donors (Lipinski definition) is 1. The predicted octanol–water partition coefficient (Wildman–Crippen LogP) is 2.81. The summed E-state index contributed by atoms with van der Waals surface area (Å²) in [6, 6.07) is 14.7. The van der Waals surface area contributed by atoms with Gasteiger partial charge in [-0.15, -0.1) is 0 Å². The number of ether oxygens (including phenoxy) is 1. The zero-order valence-corrected chi connectivity index (χ0v) is 16.6. The molecule has 1 N–H and O–H groups in total. The van der Waals surface area contributed by atoms with Crippen molar-refractivity contribution < 1.29 is 14.3 Å². The number of nitrogens with zero attached hydrogens (tertiary/aromatic N) is 2. The van der Waals surface area contributed by atoms with E-state index < -0.39 is 0 Å². The number of carbonyl (C=O) groups is 2. The molecule has 148 valence electrons. The van der Waals surface area contributed by atoms with E-state index >= 15 is 0 Å². The predicted molar refractivity (Wildman–Crippen MR) is 110 cm³/mol. The van der Waals surface area contributed by atoms with E-state index in [9.17, 15) is 9.59 Å². The smallest absolute Gasteiger partial charge is 0.260 e. The molecule has 1 aliphatic heterocycles. The molecule has 0 spiro atoms. The summed E-state index contributed by atoms with van der Waals surface area (Å²) >= 11 is 5.93. The standard InChI is InChI=1S/C21H24ClN3O3/c1-16-13-17(22)7-8-19(16)28-15-21(27)25-11-9-24(10-12-25)14-20(26)23-18-5-3-2-4-6-18/h2-8,13H,9-12,14-15H2,1H3,(H,23,26). The maximum Gasteiger partial charge on any atom is 0.260 e. The van der Waals surface area contributed by atoms with E-state index in [0.717, 1.165) is 11.3 Å². The third kappa shape index (κ3) is 5.71. The summed E-state index contributed by atoms with van der Waals surface area (Å²) < 4.78 is 5.64. The van der Waals surface area contributed by atoms with Crippen molar-refractivity contribution in [2.45, 2.75) is 6.92 Å². The Balaban J connectivity index is 1.40. The van der Waals surface area contributed by atoms with E-state index in [1.165, 1.54) is 0 Å². The highest BCUT2D eigenvalue weighted by atomic mass is 35.5. The van der Waals surface area contributed by atoms with Crippen molar-refractivity contribution in [1.29, 1.82) is 0 Å². The second-order valence-electron chi connectivity index (χ2n) is 6.77. The highest BCUT2D eigenvalue weighted by Gasteiger charge is 2.22. The Morgan fingerprint density at radius 2 is 1.79 bits per heavy atom. The second-order valence-corrected chi connectivity index (χ2v) is 7.21. The molecule has 1 saturated heterocycles. The Morgan fingerprint density at radius 3 is 2.46 bits per heavy atom. The summed E-state index contributed by atoms with van der Waals surface area (Å²) in [7, 11) is 0. The minimum absolute atomic E-state index is 0.00301. The molecule has 0 saturated carbocycles. The Morgan fingerprint density at radius 1 is 1.07 bits per heavy atom. The third-order valence-corrected chi connectivity index (χ3v) is 4.87. The first-order valence-electron chi connectivity index (χ1n) is 9.25. The zero-order chi connectivity index (χ0) is 19.9. The largest absolute Gasteiger partial charge is 0.483 e. The molecule has 2 aromatic rings. The molecule has 2 aromatic carbocycles. The number of carbonyl (C=O) groups excluding carboxylic acids is 2. The average Bonchev–Trinajstić information content (AvgIpc) is 2.68. The van der Waals surface area contributed by atoms with Gasteiger partial charge in [0.05, 0.1) is 6.54 Å². The van der Waals surface area contributed by atoms with E-state index in [4.69, 9.17) is 16.3 Å². The van der Waals surface area contributed by atoms with Gasteiger partial charge >= 0.3 is 0 Å². The van der Waals surface area contributed by atoms with Crippen LogP contribution in [-0.2, 0) is 9.59 Å². The SMILES string of the molecule is Cc1cc(Cl)ccc1OCC(=O)N1CCN(CC(=O)Nc2ccccc2)CC1. The molecule has 0 aliphatic carbocycles. The number of para-hydroxylation sites is 1. The van der Waals surface area contributed by atoms with Crippen LogP contribution >= 0.6 is 11.6 Å². The van der Waals surface area contributed by atoms with Gasteiger partial charge in [0.15, 0.2) is 6.61 Å². The number of benzene rings is 2. The van der Waals surface area contributed by atoms with Crippen molar-refractivity contribution in [1.82, 2.24) is 9.80 Å². The average molecular weight is 402 g/mol. The first kappa shape index (κ1) is 20.2. The fraction of sp³-hybridized carbons (Fsp3) is 0.333. The van der Waals surface area contributed by atoms with Crippen molar-refractivity contribution in [3.05, 3.63) is 59.1 Å². The van der Waals surface area contributed by atoms with Crippen LogP contribution in [0.1, 0.15) is 5.56 Å². The molecule has 1 aliphatic rings. The van der Waals surface area contributed by atoms with Gasteiger partial charge in [-0.2, -0.15) is 0 Å². The molecule has 7 heteroatoms. The number of amides is 2. The number of anilines is 1. The lowest BCUT2D eigenvalue weighted by atomic mass is 10.2. The van der Waals surface area contributed by atoms with Crippen LogP contribution in [0.4, 0.5) is 5.69 Å². The van der Waals surface area contributed by atoms with Crippen molar-refractivity contribution >= 4 is 29.1 Å². The minimum atomic E-state index is -0.0530. The van der Waals surface area contributed by atoms with Crippen LogP contribution in [0, 0.1) is 6.92 Å². The summed E-state index contributed by atoms with van der Waals surface area (Å²) in [5, 5.41) is 3.52. The fourth-order valence-electron chi connectivity index (χ4n) is 3.09. The van der Waals surface area contributed by atoms with E-state index in [-0.39, 0.29) is 18.4 Å².